The quantitative estimate of drug-likeness (QED) is 0.714. The SMILES string of the molecule is CC(C)(O)C1CCC(C(=O)NC2(CC(=O)O)CCOCC2)CC1. The molecule has 0 spiro atoms. The highest BCUT2D eigenvalue weighted by molar-refractivity contribution is 5.80. The number of amides is 1. The average Bonchev–Trinajstić information content (AvgIpc) is 2.46. The molecule has 3 N–H and O–H groups in total. The Hall–Kier alpha value is -1.14. The lowest BCUT2D eigenvalue weighted by molar-refractivity contribution is -0.141. The minimum absolute atomic E-state index is 0.0395. The maximum Gasteiger partial charge on any atom is 0.305 e. The number of hydrogen-bond donors (Lipinski definition) is 3. The molecule has 2 rings (SSSR count). The van der Waals surface area contributed by atoms with Gasteiger partial charge in [0.05, 0.1) is 17.6 Å². The Morgan fingerprint density at radius 3 is 2.22 bits per heavy atom. The maximum absolute atomic E-state index is 12.6. The molecule has 0 unspecified atom stereocenters. The number of rotatable bonds is 5. The van der Waals surface area contributed by atoms with Crippen LogP contribution in [0.3, 0.4) is 0 Å². The van der Waals surface area contributed by atoms with Crippen LogP contribution in [-0.2, 0) is 14.3 Å². The van der Waals surface area contributed by atoms with Crippen LogP contribution in [0.25, 0.3) is 0 Å². The van der Waals surface area contributed by atoms with E-state index in [1.165, 1.54) is 0 Å². The summed E-state index contributed by atoms with van der Waals surface area (Å²) in [5.74, 6) is -0.787. The molecule has 0 radical (unpaired) electrons. The Morgan fingerprint density at radius 1 is 1.17 bits per heavy atom. The van der Waals surface area contributed by atoms with Crippen LogP contribution in [0.4, 0.5) is 0 Å². The number of aliphatic hydroxyl groups is 1. The summed E-state index contributed by atoms with van der Waals surface area (Å²) < 4.78 is 5.31. The Bertz CT molecular complexity index is 429. The van der Waals surface area contributed by atoms with Crippen molar-refractivity contribution in [2.45, 2.75) is 69.9 Å². The molecule has 1 saturated heterocycles. The van der Waals surface area contributed by atoms with Crippen molar-refractivity contribution < 1.29 is 24.5 Å². The molecule has 1 aliphatic carbocycles. The summed E-state index contributed by atoms with van der Waals surface area (Å²) in [6, 6.07) is 0. The lowest BCUT2D eigenvalue weighted by Gasteiger charge is -2.40. The van der Waals surface area contributed by atoms with Crippen LogP contribution in [0.2, 0.25) is 0 Å². The third kappa shape index (κ3) is 4.91. The largest absolute Gasteiger partial charge is 0.481 e. The van der Waals surface area contributed by atoms with E-state index in [1.54, 1.807) is 0 Å². The molecule has 0 aromatic rings. The van der Waals surface area contributed by atoms with Gasteiger partial charge in [0.2, 0.25) is 5.91 Å². The number of carboxylic acid groups (broad SMARTS) is 1. The van der Waals surface area contributed by atoms with E-state index in [9.17, 15) is 14.7 Å². The van der Waals surface area contributed by atoms with Crippen LogP contribution in [0, 0.1) is 11.8 Å². The zero-order chi connectivity index (χ0) is 17.1. The zero-order valence-corrected chi connectivity index (χ0v) is 14.1. The van der Waals surface area contributed by atoms with Crippen molar-refractivity contribution in [3.63, 3.8) is 0 Å². The van der Waals surface area contributed by atoms with Gasteiger partial charge in [-0.2, -0.15) is 0 Å². The van der Waals surface area contributed by atoms with Gasteiger partial charge in [-0.25, -0.2) is 0 Å². The Labute approximate surface area is 137 Å². The summed E-state index contributed by atoms with van der Waals surface area (Å²) in [5.41, 5.74) is -1.37. The van der Waals surface area contributed by atoms with Gasteiger partial charge in [0, 0.05) is 19.1 Å². The molecule has 6 heteroatoms. The molecule has 0 aromatic carbocycles. The highest BCUT2D eigenvalue weighted by Gasteiger charge is 2.39. The molecule has 1 saturated carbocycles. The molecule has 0 aromatic heterocycles. The molecule has 1 amide bonds. The summed E-state index contributed by atoms with van der Waals surface area (Å²) >= 11 is 0. The topological polar surface area (TPSA) is 95.9 Å². The third-order valence-electron chi connectivity index (χ3n) is 5.42. The summed E-state index contributed by atoms with van der Waals surface area (Å²) in [7, 11) is 0. The van der Waals surface area contributed by atoms with E-state index in [2.05, 4.69) is 5.32 Å². The van der Waals surface area contributed by atoms with Gasteiger partial charge in [-0.3, -0.25) is 9.59 Å². The van der Waals surface area contributed by atoms with Crippen LogP contribution in [0.5, 0.6) is 0 Å². The van der Waals surface area contributed by atoms with Crippen molar-refractivity contribution >= 4 is 11.9 Å². The van der Waals surface area contributed by atoms with Crippen molar-refractivity contribution in [3.05, 3.63) is 0 Å². The molecule has 23 heavy (non-hydrogen) atoms. The number of nitrogens with one attached hydrogen (secondary N) is 1. The lowest BCUT2D eigenvalue weighted by Crippen LogP contribution is -2.55. The van der Waals surface area contributed by atoms with Crippen LogP contribution < -0.4 is 5.32 Å². The van der Waals surface area contributed by atoms with E-state index in [0.717, 1.165) is 25.7 Å². The second-order valence-corrected chi connectivity index (χ2v) is 7.65. The predicted octanol–water partition coefficient (Wildman–Crippen LogP) is 1.70. The molecular formula is C17H29NO5. The van der Waals surface area contributed by atoms with E-state index >= 15 is 0 Å². The highest BCUT2D eigenvalue weighted by Crippen LogP contribution is 2.36. The van der Waals surface area contributed by atoms with E-state index in [-0.39, 0.29) is 24.2 Å². The van der Waals surface area contributed by atoms with Crippen molar-refractivity contribution in [2.24, 2.45) is 11.8 Å². The number of hydrogen-bond acceptors (Lipinski definition) is 4. The molecule has 1 heterocycles. The van der Waals surface area contributed by atoms with Gasteiger partial charge in [-0.1, -0.05) is 0 Å². The van der Waals surface area contributed by atoms with Gasteiger partial charge in [-0.15, -0.1) is 0 Å². The third-order valence-corrected chi connectivity index (χ3v) is 5.42. The van der Waals surface area contributed by atoms with E-state index < -0.39 is 17.1 Å². The second-order valence-electron chi connectivity index (χ2n) is 7.65. The summed E-state index contributed by atoms with van der Waals surface area (Å²) in [6.07, 6.45) is 4.20. The molecular weight excluding hydrogens is 298 g/mol. The van der Waals surface area contributed by atoms with Crippen LogP contribution in [-0.4, -0.2) is 46.4 Å². The highest BCUT2D eigenvalue weighted by atomic mass is 16.5. The van der Waals surface area contributed by atoms with Crippen LogP contribution in [0.1, 0.15) is 58.8 Å². The minimum Gasteiger partial charge on any atom is -0.481 e. The fraction of sp³-hybridized carbons (Fsp3) is 0.882. The van der Waals surface area contributed by atoms with Gasteiger partial charge in [0.25, 0.3) is 0 Å². The Kier molecular flexibility index (Phi) is 5.68. The van der Waals surface area contributed by atoms with Crippen molar-refractivity contribution in [2.75, 3.05) is 13.2 Å². The average molecular weight is 327 g/mol. The first-order chi connectivity index (χ1) is 10.7. The van der Waals surface area contributed by atoms with E-state index in [4.69, 9.17) is 9.84 Å². The first kappa shape index (κ1) is 18.2. The molecule has 1 aliphatic heterocycles. The van der Waals surface area contributed by atoms with Crippen molar-refractivity contribution in [3.8, 4) is 0 Å². The van der Waals surface area contributed by atoms with Gasteiger partial charge >= 0.3 is 5.97 Å². The second kappa shape index (κ2) is 7.18. The van der Waals surface area contributed by atoms with Gasteiger partial charge in [0.1, 0.15) is 0 Å². The van der Waals surface area contributed by atoms with E-state index in [0.29, 0.717) is 26.1 Å². The van der Waals surface area contributed by atoms with Gasteiger partial charge < -0.3 is 20.3 Å². The van der Waals surface area contributed by atoms with Crippen molar-refractivity contribution in [1.29, 1.82) is 0 Å². The molecule has 6 nitrogen and oxygen atoms in total. The van der Waals surface area contributed by atoms with Crippen LogP contribution in [0.15, 0.2) is 0 Å². The normalized spacial score (nSPS) is 28.1. The predicted molar refractivity (Wildman–Crippen MR) is 84.9 cm³/mol. The number of ether oxygens (including phenoxy) is 1. The van der Waals surface area contributed by atoms with Crippen molar-refractivity contribution in [1.82, 2.24) is 5.32 Å². The Morgan fingerprint density at radius 2 is 1.74 bits per heavy atom. The number of carbonyl (C=O) groups is 2. The summed E-state index contributed by atoms with van der Waals surface area (Å²) in [5, 5.41) is 22.3. The summed E-state index contributed by atoms with van der Waals surface area (Å²) in [4.78, 5) is 23.8. The molecule has 2 fully saturated rings. The maximum atomic E-state index is 12.6. The monoisotopic (exact) mass is 327 g/mol. The number of carbonyl (C=O) groups excluding carboxylic acids is 1. The fourth-order valence-corrected chi connectivity index (χ4v) is 3.82. The van der Waals surface area contributed by atoms with E-state index in [1.807, 2.05) is 13.8 Å². The molecule has 132 valence electrons. The first-order valence-electron chi connectivity index (χ1n) is 8.56. The standard InChI is InChI=1S/C17H29NO5/c1-16(2,22)13-5-3-12(4-6-13)15(21)18-17(11-14(19)20)7-9-23-10-8-17/h12-13,22H,3-11H2,1-2H3,(H,18,21)(H,19,20). The smallest absolute Gasteiger partial charge is 0.305 e. The molecule has 0 atom stereocenters. The summed E-state index contributed by atoms with van der Waals surface area (Å²) in [6.45, 7) is 4.61. The first-order valence-corrected chi connectivity index (χ1v) is 8.56. The van der Waals surface area contributed by atoms with Gasteiger partial charge in [0.15, 0.2) is 0 Å². The van der Waals surface area contributed by atoms with Crippen LogP contribution >= 0.6 is 0 Å². The van der Waals surface area contributed by atoms with Gasteiger partial charge in [-0.05, 0) is 58.3 Å². The number of aliphatic carboxylic acids is 1. The molecule has 0 bridgehead atoms. The lowest BCUT2D eigenvalue weighted by atomic mass is 9.74. The Balaban J connectivity index is 1.93. The fourth-order valence-electron chi connectivity index (χ4n) is 3.82. The molecule has 2 aliphatic rings. The number of carboxylic acids is 1. The minimum atomic E-state index is -0.891. The zero-order valence-electron chi connectivity index (χ0n) is 14.1.